The van der Waals surface area contributed by atoms with Gasteiger partial charge in [-0.2, -0.15) is 0 Å². The van der Waals surface area contributed by atoms with Crippen LogP contribution in [0, 0.1) is 5.92 Å². The number of amides is 2. The molecule has 0 saturated carbocycles. The minimum atomic E-state index is -0.266. The third kappa shape index (κ3) is 3.14. The lowest BCUT2D eigenvalue weighted by atomic mass is 9.96. The Bertz CT molecular complexity index is 306. The number of hydrogen-bond donors (Lipinski definition) is 2. The van der Waals surface area contributed by atoms with Crippen molar-refractivity contribution in [1.82, 2.24) is 15.5 Å². The van der Waals surface area contributed by atoms with Gasteiger partial charge in [-0.3, -0.25) is 9.59 Å². The van der Waals surface area contributed by atoms with Crippen LogP contribution in [0.4, 0.5) is 0 Å². The van der Waals surface area contributed by atoms with Crippen molar-refractivity contribution in [2.24, 2.45) is 5.92 Å². The number of nitrogens with zero attached hydrogens (tertiary/aromatic N) is 1. The van der Waals surface area contributed by atoms with Gasteiger partial charge in [-0.25, -0.2) is 0 Å². The first-order valence-corrected chi connectivity index (χ1v) is 6.53. The summed E-state index contributed by atoms with van der Waals surface area (Å²) < 4.78 is 0. The first-order valence-electron chi connectivity index (χ1n) is 6.53. The Morgan fingerprint density at radius 3 is 2.83 bits per heavy atom. The van der Waals surface area contributed by atoms with Crippen LogP contribution in [-0.2, 0) is 9.59 Å². The Balaban J connectivity index is 0.00000162. The van der Waals surface area contributed by atoms with Crippen LogP contribution in [0.5, 0.6) is 0 Å². The molecule has 1 unspecified atom stereocenters. The standard InChI is InChI=1S/C12H21N3O2.ClH/c1-2-10-11(16)14-6-7-15(10)12(17)9-4-3-5-13-8-9;/h9-10,13H,2-8H2,1H3,(H,14,16);1H/t9-,10?;/m1./s1. The number of nitrogens with one attached hydrogen (secondary N) is 2. The van der Waals surface area contributed by atoms with E-state index in [2.05, 4.69) is 10.6 Å². The predicted octanol–water partition coefficient (Wildman–Crippen LogP) is 0.145. The largest absolute Gasteiger partial charge is 0.353 e. The zero-order chi connectivity index (χ0) is 12.3. The minimum absolute atomic E-state index is 0. The fraction of sp³-hybridized carbons (Fsp3) is 0.833. The molecule has 2 amide bonds. The van der Waals surface area contributed by atoms with Crippen molar-refractivity contribution in [3.63, 3.8) is 0 Å². The monoisotopic (exact) mass is 275 g/mol. The molecular weight excluding hydrogens is 254 g/mol. The molecule has 0 radical (unpaired) electrons. The molecule has 2 saturated heterocycles. The first kappa shape index (κ1) is 15.2. The van der Waals surface area contributed by atoms with Crippen molar-refractivity contribution < 1.29 is 9.59 Å². The van der Waals surface area contributed by atoms with E-state index in [-0.39, 0.29) is 36.2 Å². The maximum Gasteiger partial charge on any atom is 0.242 e. The lowest BCUT2D eigenvalue weighted by molar-refractivity contribution is -0.146. The van der Waals surface area contributed by atoms with Crippen molar-refractivity contribution in [3.8, 4) is 0 Å². The summed E-state index contributed by atoms with van der Waals surface area (Å²) in [5.74, 6) is 0.207. The van der Waals surface area contributed by atoms with Crippen LogP contribution >= 0.6 is 12.4 Å². The van der Waals surface area contributed by atoms with Gasteiger partial charge in [-0.15, -0.1) is 12.4 Å². The van der Waals surface area contributed by atoms with Crippen LogP contribution in [0.15, 0.2) is 0 Å². The Labute approximate surface area is 114 Å². The van der Waals surface area contributed by atoms with Crippen LogP contribution in [0.2, 0.25) is 0 Å². The summed E-state index contributed by atoms with van der Waals surface area (Å²) in [4.78, 5) is 25.9. The number of piperazine rings is 1. The third-order valence-electron chi connectivity index (χ3n) is 3.65. The van der Waals surface area contributed by atoms with E-state index in [1.165, 1.54) is 0 Å². The zero-order valence-electron chi connectivity index (χ0n) is 10.8. The second kappa shape index (κ2) is 6.95. The summed E-state index contributed by atoms with van der Waals surface area (Å²) in [5, 5.41) is 6.07. The van der Waals surface area contributed by atoms with Crippen molar-refractivity contribution in [1.29, 1.82) is 0 Å². The summed E-state index contributed by atoms with van der Waals surface area (Å²) in [5.41, 5.74) is 0. The van der Waals surface area contributed by atoms with Gasteiger partial charge in [0.1, 0.15) is 6.04 Å². The molecule has 0 spiro atoms. The summed E-state index contributed by atoms with van der Waals surface area (Å²) in [6.07, 6.45) is 2.69. The van der Waals surface area contributed by atoms with Gasteiger partial charge < -0.3 is 15.5 Å². The van der Waals surface area contributed by atoms with E-state index in [1.807, 2.05) is 6.92 Å². The van der Waals surface area contributed by atoms with Gasteiger partial charge in [-0.05, 0) is 25.8 Å². The molecule has 0 aromatic carbocycles. The summed E-state index contributed by atoms with van der Waals surface area (Å²) in [7, 11) is 0. The molecule has 2 fully saturated rings. The Morgan fingerprint density at radius 1 is 1.44 bits per heavy atom. The molecule has 18 heavy (non-hydrogen) atoms. The average molecular weight is 276 g/mol. The molecule has 5 nitrogen and oxygen atoms in total. The predicted molar refractivity (Wildman–Crippen MR) is 71.6 cm³/mol. The van der Waals surface area contributed by atoms with Crippen molar-refractivity contribution in [2.75, 3.05) is 26.2 Å². The summed E-state index contributed by atoms with van der Waals surface area (Å²) in [6.45, 7) is 4.95. The SMILES string of the molecule is CCC1C(=O)NCCN1C(=O)[C@@H]1CCCNC1.Cl. The van der Waals surface area contributed by atoms with Gasteiger partial charge in [0, 0.05) is 19.6 Å². The maximum atomic E-state index is 12.4. The van der Waals surface area contributed by atoms with Crippen molar-refractivity contribution in [3.05, 3.63) is 0 Å². The van der Waals surface area contributed by atoms with Gasteiger partial charge in [0.15, 0.2) is 0 Å². The first-order chi connectivity index (χ1) is 8.24. The van der Waals surface area contributed by atoms with E-state index in [0.717, 1.165) is 25.9 Å². The molecule has 2 atom stereocenters. The molecular formula is C12H22ClN3O2. The molecule has 0 aromatic rings. The molecule has 2 aliphatic rings. The van der Waals surface area contributed by atoms with E-state index in [9.17, 15) is 9.59 Å². The molecule has 2 rings (SSSR count). The average Bonchev–Trinajstić information content (AvgIpc) is 2.38. The molecule has 2 N–H and O–H groups in total. The highest BCUT2D eigenvalue weighted by atomic mass is 35.5. The van der Waals surface area contributed by atoms with Crippen LogP contribution < -0.4 is 10.6 Å². The normalized spacial score (nSPS) is 28.3. The van der Waals surface area contributed by atoms with Crippen LogP contribution in [0.3, 0.4) is 0 Å². The van der Waals surface area contributed by atoms with E-state index >= 15 is 0 Å². The minimum Gasteiger partial charge on any atom is -0.353 e. The molecule has 6 heteroatoms. The number of carbonyl (C=O) groups excluding carboxylic acids is 2. The van der Waals surface area contributed by atoms with Gasteiger partial charge in [0.2, 0.25) is 11.8 Å². The van der Waals surface area contributed by atoms with Gasteiger partial charge in [0.05, 0.1) is 5.92 Å². The smallest absolute Gasteiger partial charge is 0.242 e. The Hall–Kier alpha value is -0.810. The molecule has 2 aliphatic heterocycles. The number of halogens is 1. The fourth-order valence-corrected chi connectivity index (χ4v) is 2.68. The molecule has 0 aromatic heterocycles. The highest BCUT2D eigenvalue weighted by Crippen LogP contribution is 2.17. The molecule has 104 valence electrons. The van der Waals surface area contributed by atoms with Crippen LogP contribution in [-0.4, -0.2) is 48.9 Å². The second-order valence-electron chi connectivity index (χ2n) is 4.79. The number of rotatable bonds is 2. The number of carbonyl (C=O) groups is 2. The number of hydrogen-bond acceptors (Lipinski definition) is 3. The van der Waals surface area contributed by atoms with Crippen LogP contribution in [0.1, 0.15) is 26.2 Å². The zero-order valence-corrected chi connectivity index (χ0v) is 11.6. The number of piperidine rings is 1. The molecule has 2 heterocycles. The maximum absolute atomic E-state index is 12.4. The third-order valence-corrected chi connectivity index (χ3v) is 3.65. The molecule has 0 aliphatic carbocycles. The van der Waals surface area contributed by atoms with Crippen molar-refractivity contribution >= 4 is 24.2 Å². The quantitative estimate of drug-likeness (QED) is 0.754. The van der Waals surface area contributed by atoms with E-state index in [0.29, 0.717) is 19.5 Å². The van der Waals surface area contributed by atoms with Crippen LogP contribution in [0.25, 0.3) is 0 Å². The summed E-state index contributed by atoms with van der Waals surface area (Å²) >= 11 is 0. The van der Waals surface area contributed by atoms with Gasteiger partial charge in [0.25, 0.3) is 0 Å². The van der Waals surface area contributed by atoms with E-state index in [4.69, 9.17) is 0 Å². The van der Waals surface area contributed by atoms with Gasteiger partial charge >= 0.3 is 0 Å². The summed E-state index contributed by atoms with van der Waals surface area (Å²) in [6, 6.07) is -0.266. The lowest BCUT2D eigenvalue weighted by Gasteiger charge is -2.37. The second-order valence-corrected chi connectivity index (χ2v) is 4.79. The Kier molecular flexibility index (Phi) is 5.88. The lowest BCUT2D eigenvalue weighted by Crippen LogP contribution is -2.59. The highest BCUT2D eigenvalue weighted by molar-refractivity contribution is 5.89. The fourth-order valence-electron chi connectivity index (χ4n) is 2.68. The highest BCUT2D eigenvalue weighted by Gasteiger charge is 2.35. The molecule has 0 bridgehead atoms. The van der Waals surface area contributed by atoms with E-state index < -0.39 is 0 Å². The topological polar surface area (TPSA) is 61.4 Å². The Morgan fingerprint density at radius 2 is 2.22 bits per heavy atom. The van der Waals surface area contributed by atoms with Gasteiger partial charge in [-0.1, -0.05) is 6.92 Å². The van der Waals surface area contributed by atoms with E-state index in [1.54, 1.807) is 4.90 Å². The van der Waals surface area contributed by atoms with Crippen molar-refractivity contribution in [2.45, 2.75) is 32.2 Å².